The molecule has 0 N–H and O–H groups in total. The number of non-ortho nitro benzene ring substituents is 1. The Morgan fingerprint density at radius 2 is 1.88 bits per heavy atom. The van der Waals surface area contributed by atoms with E-state index in [9.17, 15) is 23.3 Å². The van der Waals surface area contributed by atoms with Gasteiger partial charge in [-0.15, -0.1) is 0 Å². The first-order valence-corrected chi connectivity index (χ1v) is 6.39. The summed E-state index contributed by atoms with van der Waals surface area (Å²) in [5.74, 6) is -0.739. The predicted octanol–water partition coefficient (Wildman–Crippen LogP) is 3.92. The summed E-state index contributed by atoms with van der Waals surface area (Å²) in [6.45, 7) is 0. The Bertz CT molecular complexity index is 827. The Hall–Kier alpha value is -3.41. The normalized spacial score (nSPS) is 11.7. The van der Waals surface area contributed by atoms with E-state index in [1.807, 2.05) is 0 Å². The largest absolute Gasteiger partial charge is 0.420 e. The maximum atomic E-state index is 13.0. The standard InChI is InChI=1S/C15H8F3N3O3/c16-15(17,18)12-8-11(21(22)23)6-7-14(12)24-20-13(9-19)10-4-2-1-3-5-10/h1-8H. The lowest BCUT2D eigenvalue weighted by molar-refractivity contribution is -0.385. The van der Waals surface area contributed by atoms with Crippen LogP contribution in [0.1, 0.15) is 11.1 Å². The molecule has 6 nitrogen and oxygen atoms in total. The fourth-order valence-electron chi connectivity index (χ4n) is 1.76. The number of benzene rings is 2. The van der Waals surface area contributed by atoms with E-state index >= 15 is 0 Å². The van der Waals surface area contributed by atoms with Gasteiger partial charge in [0.1, 0.15) is 11.6 Å². The van der Waals surface area contributed by atoms with Gasteiger partial charge in [0.05, 0.1) is 4.92 Å². The van der Waals surface area contributed by atoms with Gasteiger partial charge in [0, 0.05) is 17.7 Å². The van der Waals surface area contributed by atoms with Gasteiger partial charge in [-0.2, -0.15) is 18.4 Å². The van der Waals surface area contributed by atoms with Crippen LogP contribution in [0.4, 0.5) is 18.9 Å². The van der Waals surface area contributed by atoms with Crippen molar-refractivity contribution in [1.82, 2.24) is 0 Å². The van der Waals surface area contributed by atoms with Crippen molar-refractivity contribution >= 4 is 11.4 Å². The molecule has 0 fully saturated rings. The van der Waals surface area contributed by atoms with E-state index < -0.39 is 28.1 Å². The fraction of sp³-hybridized carbons (Fsp3) is 0.0667. The summed E-state index contributed by atoms with van der Waals surface area (Å²) in [5, 5.41) is 23.1. The molecule has 24 heavy (non-hydrogen) atoms. The van der Waals surface area contributed by atoms with Crippen molar-refractivity contribution in [3.05, 3.63) is 69.8 Å². The maximum absolute atomic E-state index is 13.0. The van der Waals surface area contributed by atoms with Gasteiger partial charge in [0.25, 0.3) is 5.69 Å². The number of nitrogens with zero attached hydrogens (tertiary/aromatic N) is 3. The van der Waals surface area contributed by atoms with E-state index in [4.69, 9.17) is 10.1 Å². The lowest BCUT2D eigenvalue weighted by Crippen LogP contribution is -2.09. The molecule has 2 rings (SSSR count). The van der Waals surface area contributed by atoms with Crippen LogP contribution in [-0.2, 0) is 6.18 Å². The Labute approximate surface area is 133 Å². The molecule has 0 bridgehead atoms. The van der Waals surface area contributed by atoms with Crippen LogP contribution in [0.15, 0.2) is 53.7 Å². The van der Waals surface area contributed by atoms with Gasteiger partial charge in [0.15, 0.2) is 11.5 Å². The summed E-state index contributed by atoms with van der Waals surface area (Å²) in [6.07, 6.45) is -4.88. The topological polar surface area (TPSA) is 88.5 Å². The van der Waals surface area contributed by atoms with Crippen molar-refractivity contribution in [3.63, 3.8) is 0 Å². The van der Waals surface area contributed by atoms with E-state index in [2.05, 4.69) is 5.16 Å². The third-order valence-corrected chi connectivity index (χ3v) is 2.87. The number of hydrogen-bond acceptors (Lipinski definition) is 5. The molecule has 0 amide bonds. The average Bonchev–Trinajstić information content (AvgIpc) is 2.55. The Morgan fingerprint density at radius 1 is 1.21 bits per heavy atom. The second-order valence-electron chi connectivity index (χ2n) is 4.44. The van der Waals surface area contributed by atoms with Crippen molar-refractivity contribution in [3.8, 4) is 11.8 Å². The van der Waals surface area contributed by atoms with Gasteiger partial charge in [-0.05, 0) is 6.07 Å². The predicted molar refractivity (Wildman–Crippen MR) is 77.3 cm³/mol. The summed E-state index contributed by atoms with van der Waals surface area (Å²) >= 11 is 0. The third kappa shape index (κ3) is 3.86. The Morgan fingerprint density at radius 3 is 2.42 bits per heavy atom. The van der Waals surface area contributed by atoms with E-state index in [1.165, 1.54) is 12.1 Å². The number of halogens is 3. The molecule has 9 heteroatoms. The van der Waals surface area contributed by atoms with Gasteiger partial charge in [0.2, 0.25) is 0 Å². The van der Waals surface area contributed by atoms with Crippen LogP contribution in [0, 0.1) is 21.4 Å². The minimum Gasteiger partial charge on any atom is -0.355 e. The van der Waals surface area contributed by atoms with E-state index in [0.717, 1.165) is 12.1 Å². The fourth-order valence-corrected chi connectivity index (χ4v) is 1.76. The lowest BCUT2D eigenvalue weighted by atomic mass is 10.1. The molecule has 0 unspecified atom stereocenters. The smallest absolute Gasteiger partial charge is 0.355 e. The second kappa shape index (κ2) is 6.78. The number of nitro groups is 1. The summed E-state index contributed by atoms with van der Waals surface area (Å²) in [7, 11) is 0. The van der Waals surface area contributed by atoms with Gasteiger partial charge < -0.3 is 4.84 Å². The molecule has 122 valence electrons. The van der Waals surface area contributed by atoms with Gasteiger partial charge in [-0.1, -0.05) is 35.5 Å². The summed E-state index contributed by atoms with van der Waals surface area (Å²) in [4.78, 5) is 14.4. The molecule has 0 aromatic heterocycles. The zero-order chi connectivity index (χ0) is 17.7. The van der Waals surface area contributed by atoms with Crippen LogP contribution in [0.5, 0.6) is 5.75 Å². The summed E-state index contributed by atoms with van der Waals surface area (Å²) < 4.78 is 39.0. The zero-order valence-electron chi connectivity index (χ0n) is 11.8. The minimum absolute atomic E-state index is 0.234. The SMILES string of the molecule is N#CC(=NOc1ccc([N+](=O)[O-])cc1C(F)(F)F)c1ccccc1. The maximum Gasteiger partial charge on any atom is 0.420 e. The van der Waals surface area contributed by atoms with Crippen LogP contribution >= 0.6 is 0 Å². The number of oxime groups is 1. The van der Waals surface area contributed by atoms with Crippen molar-refractivity contribution < 1.29 is 22.9 Å². The van der Waals surface area contributed by atoms with Crippen LogP contribution < -0.4 is 4.84 Å². The number of nitriles is 1. The molecule has 0 aliphatic carbocycles. The van der Waals surface area contributed by atoms with Crippen molar-refractivity contribution in [2.45, 2.75) is 6.18 Å². The van der Waals surface area contributed by atoms with Crippen molar-refractivity contribution in [2.24, 2.45) is 5.16 Å². The number of rotatable bonds is 4. The highest BCUT2D eigenvalue weighted by Crippen LogP contribution is 2.38. The molecule has 2 aromatic rings. The summed E-state index contributed by atoms with van der Waals surface area (Å²) in [6, 6.07) is 11.7. The van der Waals surface area contributed by atoms with Gasteiger partial charge in [-0.3, -0.25) is 10.1 Å². The highest BCUT2D eigenvalue weighted by Gasteiger charge is 2.36. The molecule has 0 radical (unpaired) electrons. The van der Waals surface area contributed by atoms with Crippen LogP contribution in [0.2, 0.25) is 0 Å². The number of nitro benzene ring substituents is 1. The highest BCUT2D eigenvalue weighted by molar-refractivity contribution is 6.11. The molecule has 0 heterocycles. The molecule has 0 aliphatic rings. The summed E-state index contributed by atoms with van der Waals surface area (Å²) in [5.41, 5.74) is -1.97. The number of alkyl halides is 3. The Kier molecular flexibility index (Phi) is 4.79. The average molecular weight is 335 g/mol. The minimum atomic E-state index is -4.88. The van der Waals surface area contributed by atoms with Gasteiger partial charge in [-0.25, -0.2) is 0 Å². The quantitative estimate of drug-likeness (QED) is 0.481. The van der Waals surface area contributed by atoms with Crippen LogP contribution in [-0.4, -0.2) is 10.6 Å². The zero-order valence-corrected chi connectivity index (χ0v) is 11.8. The first kappa shape index (κ1) is 17.0. The van der Waals surface area contributed by atoms with Crippen LogP contribution in [0.3, 0.4) is 0 Å². The molecule has 0 saturated carbocycles. The van der Waals surface area contributed by atoms with E-state index in [0.29, 0.717) is 11.6 Å². The van der Waals surface area contributed by atoms with Crippen LogP contribution in [0.25, 0.3) is 0 Å². The molecule has 2 aromatic carbocycles. The second-order valence-corrected chi connectivity index (χ2v) is 4.44. The lowest BCUT2D eigenvalue weighted by Gasteiger charge is -2.10. The van der Waals surface area contributed by atoms with E-state index in [-0.39, 0.29) is 5.71 Å². The number of hydrogen-bond donors (Lipinski definition) is 0. The third-order valence-electron chi connectivity index (χ3n) is 2.87. The first-order chi connectivity index (χ1) is 11.3. The first-order valence-electron chi connectivity index (χ1n) is 6.39. The molecular formula is C15H8F3N3O3. The molecule has 0 aliphatic heterocycles. The highest BCUT2D eigenvalue weighted by atomic mass is 19.4. The monoisotopic (exact) mass is 335 g/mol. The van der Waals surface area contributed by atoms with Crippen molar-refractivity contribution in [2.75, 3.05) is 0 Å². The Balaban J connectivity index is 2.41. The van der Waals surface area contributed by atoms with Crippen molar-refractivity contribution in [1.29, 1.82) is 5.26 Å². The molecular weight excluding hydrogens is 327 g/mol. The molecule has 0 atom stereocenters. The van der Waals surface area contributed by atoms with E-state index in [1.54, 1.807) is 24.3 Å². The van der Waals surface area contributed by atoms with Gasteiger partial charge >= 0.3 is 6.18 Å². The molecule has 0 saturated heterocycles. The molecule has 0 spiro atoms.